The molecule has 1 heterocycles. The van der Waals surface area contributed by atoms with Gasteiger partial charge in [-0.25, -0.2) is 0 Å². The zero-order valence-corrected chi connectivity index (χ0v) is 6.62. The monoisotopic (exact) mass is 158 g/mol. The first-order chi connectivity index (χ1) is 5.88. The Morgan fingerprint density at radius 2 is 1.75 bits per heavy atom. The summed E-state index contributed by atoms with van der Waals surface area (Å²) < 4.78 is 0. The van der Waals surface area contributed by atoms with Crippen molar-refractivity contribution in [2.24, 2.45) is 0 Å². The van der Waals surface area contributed by atoms with E-state index in [4.69, 9.17) is 5.73 Å². The van der Waals surface area contributed by atoms with Gasteiger partial charge in [0, 0.05) is 11.8 Å². The van der Waals surface area contributed by atoms with Gasteiger partial charge < -0.3 is 10.7 Å². The lowest BCUT2D eigenvalue weighted by Gasteiger charge is -1.98. The van der Waals surface area contributed by atoms with Gasteiger partial charge in [0.25, 0.3) is 0 Å². The average Bonchev–Trinajstić information content (AvgIpc) is 2.53. The molecule has 0 spiro atoms. The number of hydrogen-bond donors (Lipinski definition) is 2. The van der Waals surface area contributed by atoms with E-state index in [-0.39, 0.29) is 0 Å². The zero-order valence-electron chi connectivity index (χ0n) is 6.62. The minimum Gasteiger partial charge on any atom is -0.397 e. The molecule has 60 valence electrons. The van der Waals surface area contributed by atoms with E-state index in [9.17, 15) is 0 Å². The quantitative estimate of drug-likeness (QED) is 0.656. The number of aromatic nitrogens is 1. The Bertz CT molecular complexity index is 362. The van der Waals surface area contributed by atoms with Gasteiger partial charge in [-0.1, -0.05) is 30.3 Å². The molecule has 0 fully saturated rings. The van der Waals surface area contributed by atoms with E-state index < -0.39 is 0 Å². The predicted molar refractivity (Wildman–Crippen MR) is 50.6 cm³/mol. The van der Waals surface area contributed by atoms with Crippen LogP contribution >= 0.6 is 0 Å². The molecule has 3 N–H and O–H groups in total. The van der Waals surface area contributed by atoms with E-state index >= 15 is 0 Å². The average molecular weight is 158 g/mol. The van der Waals surface area contributed by atoms with Crippen LogP contribution in [0.4, 0.5) is 5.69 Å². The molecule has 2 nitrogen and oxygen atoms in total. The number of aromatic amines is 1. The smallest absolute Gasteiger partial charge is 0.0687 e. The molecular formula is C10H10N2. The largest absolute Gasteiger partial charge is 0.397 e. The first-order valence-electron chi connectivity index (χ1n) is 3.86. The molecular weight excluding hydrogens is 148 g/mol. The Kier molecular flexibility index (Phi) is 1.59. The normalized spacial score (nSPS) is 10.0. The highest BCUT2D eigenvalue weighted by atomic mass is 14.7. The summed E-state index contributed by atoms with van der Waals surface area (Å²) in [6.45, 7) is 0. The van der Waals surface area contributed by atoms with Gasteiger partial charge in [-0.3, -0.25) is 0 Å². The molecule has 2 rings (SSSR count). The fourth-order valence-corrected chi connectivity index (χ4v) is 1.24. The summed E-state index contributed by atoms with van der Waals surface area (Å²) in [4.78, 5) is 3.10. The Hall–Kier alpha value is -1.70. The first kappa shape index (κ1) is 6.98. The van der Waals surface area contributed by atoms with Crippen molar-refractivity contribution < 1.29 is 0 Å². The summed E-state index contributed by atoms with van der Waals surface area (Å²) in [5.41, 5.74) is 8.66. The minimum atomic E-state index is 0.793. The molecule has 0 amide bonds. The summed E-state index contributed by atoms with van der Waals surface area (Å²) in [5.74, 6) is 0. The molecule has 2 heteroatoms. The highest BCUT2D eigenvalue weighted by molar-refractivity contribution is 5.72. The van der Waals surface area contributed by atoms with Crippen LogP contribution in [-0.2, 0) is 0 Å². The highest BCUT2D eigenvalue weighted by Gasteiger charge is 2.00. The lowest BCUT2D eigenvalue weighted by atomic mass is 10.1. The summed E-state index contributed by atoms with van der Waals surface area (Å²) in [5, 5.41) is 0. The van der Waals surface area contributed by atoms with Crippen molar-refractivity contribution in [3.8, 4) is 11.3 Å². The van der Waals surface area contributed by atoms with Crippen LogP contribution in [0.15, 0.2) is 42.6 Å². The van der Waals surface area contributed by atoms with E-state index in [0.29, 0.717) is 0 Å². The number of rotatable bonds is 1. The molecule has 12 heavy (non-hydrogen) atoms. The number of nitrogens with two attached hydrogens (primary N) is 1. The minimum absolute atomic E-state index is 0.793. The molecule has 0 bridgehead atoms. The first-order valence-corrected chi connectivity index (χ1v) is 3.86. The maximum Gasteiger partial charge on any atom is 0.0687 e. The predicted octanol–water partition coefficient (Wildman–Crippen LogP) is 2.26. The SMILES string of the molecule is Nc1cc[nH]c1-c1ccccc1. The Labute approximate surface area is 71.0 Å². The summed E-state index contributed by atoms with van der Waals surface area (Å²) in [6, 6.07) is 11.9. The second-order valence-electron chi connectivity index (χ2n) is 2.67. The van der Waals surface area contributed by atoms with Crippen LogP contribution in [0.3, 0.4) is 0 Å². The van der Waals surface area contributed by atoms with Gasteiger partial charge in [0.1, 0.15) is 0 Å². The van der Waals surface area contributed by atoms with Crippen LogP contribution in [0, 0.1) is 0 Å². The second kappa shape index (κ2) is 2.74. The van der Waals surface area contributed by atoms with Crippen molar-refractivity contribution in [1.82, 2.24) is 4.98 Å². The van der Waals surface area contributed by atoms with Crippen LogP contribution < -0.4 is 5.73 Å². The van der Waals surface area contributed by atoms with Crippen molar-refractivity contribution in [1.29, 1.82) is 0 Å². The summed E-state index contributed by atoms with van der Waals surface area (Å²) in [7, 11) is 0. The van der Waals surface area contributed by atoms with Gasteiger partial charge in [-0.15, -0.1) is 0 Å². The van der Waals surface area contributed by atoms with E-state index in [0.717, 1.165) is 16.9 Å². The fraction of sp³-hybridized carbons (Fsp3) is 0. The Morgan fingerprint density at radius 1 is 1.00 bits per heavy atom. The van der Waals surface area contributed by atoms with Crippen molar-refractivity contribution in [3.63, 3.8) is 0 Å². The van der Waals surface area contributed by atoms with E-state index in [1.165, 1.54) is 0 Å². The maximum atomic E-state index is 5.74. The molecule has 1 aromatic heterocycles. The lowest BCUT2D eigenvalue weighted by molar-refractivity contribution is 1.40. The number of anilines is 1. The van der Waals surface area contributed by atoms with E-state index in [1.807, 2.05) is 42.6 Å². The third kappa shape index (κ3) is 1.07. The molecule has 0 saturated heterocycles. The van der Waals surface area contributed by atoms with Gasteiger partial charge >= 0.3 is 0 Å². The zero-order chi connectivity index (χ0) is 8.39. The topological polar surface area (TPSA) is 41.8 Å². The van der Waals surface area contributed by atoms with E-state index in [1.54, 1.807) is 0 Å². The molecule has 0 aliphatic heterocycles. The number of hydrogen-bond acceptors (Lipinski definition) is 1. The molecule has 0 aliphatic carbocycles. The fourth-order valence-electron chi connectivity index (χ4n) is 1.24. The number of nitrogens with one attached hydrogen (secondary N) is 1. The van der Waals surface area contributed by atoms with Crippen LogP contribution in [0.5, 0.6) is 0 Å². The molecule has 0 saturated carbocycles. The number of H-pyrrole nitrogens is 1. The van der Waals surface area contributed by atoms with Crippen LogP contribution in [0.25, 0.3) is 11.3 Å². The molecule has 2 aromatic rings. The molecule has 1 aromatic carbocycles. The molecule has 0 aliphatic rings. The molecule has 0 atom stereocenters. The highest BCUT2D eigenvalue weighted by Crippen LogP contribution is 2.22. The second-order valence-corrected chi connectivity index (χ2v) is 2.67. The van der Waals surface area contributed by atoms with Gasteiger partial charge in [0.05, 0.1) is 11.4 Å². The number of benzene rings is 1. The van der Waals surface area contributed by atoms with Crippen LogP contribution in [-0.4, -0.2) is 4.98 Å². The van der Waals surface area contributed by atoms with Crippen molar-refractivity contribution in [2.75, 3.05) is 5.73 Å². The van der Waals surface area contributed by atoms with Gasteiger partial charge in [0.2, 0.25) is 0 Å². The van der Waals surface area contributed by atoms with Gasteiger partial charge in [-0.05, 0) is 6.07 Å². The summed E-state index contributed by atoms with van der Waals surface area (Å²) >= 11 is 0. The van der Waals surface area contributed by atoms with Crippen molar-refractivity contribution in [2.45, 2.75) is 0 Å². The van der Waals surface area contributed by atoms with Crippen molar-refractivity contribution in [3.05, 3.63) is 42.6 Å². The van der Waals surface area contributed by atoms with Crippen LogP contribution in [0.2, 0.25) is 0 Å². The third-order valence-corrected chi connectivity index (χ3v) is 1.84. The summed E-state index contributed by atoms with van der Waals surface area (Å²) in [6.07, 6.45) is 1.84. The van der Waals surface area contributed by atoms with Crippen molar-refractivity contribution >= 4 is 5.69 Å². The number of nitrogen functional groups attached to an aromatic ring is 1. The molecule has 0 radical (unpaired) electrons. The molecule has 0 unspecified atom stereocenters. The van der Waals surface area contributed by atoms with Crippen LogP contribution in [0.1, 0.15) is 0 Å². The van der Waals surface area contributed by atoms with Gasteiger partial charge in [-0.2, -0.15) is 0 Å². The third-order valence-electron chi connectivity index (χ3n) is 1.84. The standard InChI is InChI=1S/C10H10N2/c11-9-6-7-12-10(9)8-4-2-1-3-5-8/h1-7,12H,11H2. The maximum absolute atomic E-state index is 5.74. The Morgan fingerprint density at radius 3 is 2.33 bits per heavy atom. The Balaban J connectivity index is 2.51. The van der Waals surface area contributed by atoms with E-state index in [2.05, 4.69) is 4.98 Å². The lowest BCUT2D eigenvalue weighted by Crippen LogP contribution is -1.85. The van der Waals surface area contributed by atoms with Gasteiger partial charge in [0.15, 0.2) is 0 Å².